The number of aromatic nitrogens is 2. The molecule has 0 amide bonds. The van der Waals surface area contributed by atoms with Gasteiger partial charge in [0.1, 0.15) is 5.75 Å². The van der Waals surface area contributed by atoms with Crippen molar-refractivity contribution < 1.29 is 18.7 Å². The molecule has 3 aromatic rings. The van der Waals surface area contributed by atoms with Crippen molar-refractivity contribution in [2.75, 3.05) is 0 Å². The number of esters is 1. The normalized spacial score (nSPS) is 13.0. The molecule has 3 rings (SSSR count). The van der Waals surface area contributed by atoms with Gasteiger partial charge in [0.25, 0.3) is 5.89 Å². The third-order valence-corrected chi connectivity index (χ3v) is 4.16. The Kier molecular flexibility index (Phi) is 5.98. The van der Waals surface area contributed by atoms with Crippen molar-refractivity contribution in [2.24, 2.45) is 0 Å². The first-order valence-electron chi connectivity index (χ1n) is 8.15. The van der Waals surface area contributed by atoms with Crippen LogP contribution in [0.4, 0.5) is 0 Å². The van der Waals surface area contributed by atoms with Gasteiger partial charge < -0.3 is 13.9 Å². The van der Waals surface area contributed by atoms with E-state index in [2.05, 4.69) is 10.2 Å². The van der Waals surface area contributed by atoms with Crippen LogP contribution in [0.25, 0.3) is 11.5 Å². The Hall–Kier alpha value is -2.57. The number of rotatable bonds is 6. The summed E-state index contributed by atoms with van der Waals surface area (Å²) in [6.45, 7) is 3.20. The van der Waals surface area contributed by atoms with Crippen LogP contribution in [-0.4, -0.2) is 22.3 Å². The smallest absolute Gasteiger partial charge is 0.347 e. The second-order valence-electron chi connectivity index (χ2n) is 5.73. The van der Waals surface area contributed by atoms with Gasteiger partial charge in [-0.2, -0.15) is 0 Å². The number of carbonyl (C=O) groups is 1. The van der Waals surface area contributed by atoms with Gasteiger partial charge in [0.15, 0.2) is 12.2 Å². The van der Waals surface area contributed by atoms with Crippen LogP contribution in [0.1, 0.15) is 25.8 Å². The molecule has 0 aliphatic heterocycles. The van der Waals surface area contributed by atoms with E-state index < -0.39 is 18.2 Å². The first kappa shape index (κ1) is 19.2. The van der Waals surface area contributed by atoms with E-state index in [1.807, 2.05) is 30.3 Å². The fourth-order valence-electron chi connectivity index (χ4n) is 2.23. The molecule has 0 saturated heterocycles. The topological polar surface area (TPSA) is 74.5 Å². The average molecular weight is 407 g/mol. The number of carbonyl (C=O) groups excluding carboxylic acids is 1. The predicted molar refractivity (Wildman–Crippen MR) is 101 cm³/mol. The van der Waals surface area contributed by atoms with Crippen LogP contribution >= 0.6 is 23.2 Å². The zero-order valence-corrected chi connectivity index (χ0v) is 16.1. The van der Waals surface area contributed by atoms with E-state index in [9.17, 15) is 4.79 Å². The molecule has 0 bridgehead atoms. The van der Waals surface area contributed by atoms with Gasteiger partial charge >= 0.3 is 5.97 Å². The molecule has 2 aromatic carbocycles. The summed E-state index contributed by atoms with van der Waals surface area (Å²) in [7, 11) is 0. The second-order valence-corrected chi connectivity index (χ2v) is 6.57. The zero-order chi connectivity index (χ0) is 19.4. The molecule has 0 radical (unpaired) electrons. The van der Waals surface area contributed by atoms with E-state index in [1.54, 1.807) is 26.0 Å². The molecule has 2 atom stereocenters. The Morgan fingerprint density at radius 2 is 1.81 bits per heavy atom. The van der Waals surface area contributed by atoms with Crippen molar-refractivity contribution in [2.45, 2.75) is 26.1 Å². The minimum Gasteiger partial charge on any atom is -0.477 e. The number of benzene rings is 2. The van der Waals surface area contributed by atoms with Crippen molar-refractivity contribution in [1.29, 1.82) is 0 Å². The van der Waals surface area contributed by atoms with E-state index in [-0.39, 0.29) is 5.89 Å². The zero-order valence-electron chi connectivity index (χ0n) is 14.6. The number of hydrogen-bond donors (Lipinski definition) is 0. The Bertz CT molecular complexity index is 930. The molecule has 8 heteroatoms. The summed E-state index contributed by atoms with van der Waals surface area (Å²) in [5.41, 5.74) is 0.781. The molecular formula is C19H16Cl2N2O4. The Balaban J connectivity index is 1.62. The molecule has 0 aliphatic carbocycles. The molecule has 1 aromatic heterocycles. The Morgan fingerprint density at radius 3 is 2.52 bits per heavy atom. The Morgan fingerprint density at radius 1 is 1.07 bits per heavy atom. The molecule has 0 N–H and O–H groups in total. The van der Waals surface area contributed by atoms with Crippen LogP contribution in [0.5, 0.6) is 5.75 Å². The summed E-state index contributed by atoms with van der Waals surface area (Å²) in [6, 6.07) is 14.0. The van der Waals surface area contributed by atoms with E-state index >= 15 is 0 Å². The van der Waals surface area contributed by atoms with Crippen LogP contribution in [-0.2, 0) is 9.53 Å². The van der Waals surface area contributed by atoms with Crippen molar-refractivity contribution in [3.8, 4) is 17.2 Å². The predicted octanol–water partition coefficient (Wildman–Crippen LogP) is 5.12. The van der Waals surface area contributed by atoms with Gasteiger partial charge in [0, 0.05) is 10.6 Å². The summed E-state index contributed by atoms with van der Waals surface area (Å²) in [5.74, 6) is 0.292. The van der Waals surface area contributed by atoms with E-state index in [4.69, 9.17) is 37.1 Å². The van der Waals surface area contributed by atoms with Crippen LogP contribution in [0.15, 0.2) is 52.9 Å². The first-order chi connectivity index (χ1) is 12.9. The fourth-order valence-corrected chi connectivity index (χ4v) is 2.68. The number of halogens is 2. The molecule has 0 fully saturated rings. The molecule has 0 unspecified atom stereocenters. The van der Waals surface area contributed by atoms with E-state index in [1.165, 1.54) is 6.07 Å². The SMILES string of the molecule is C[C@H](Oc1ccc(Cl)cc1Cl)C(=O)O[C@@H](C)c1nnc(-c2ccccc2)o1. The third-order valence-electron chi connectivity index (χ3n) is 3.63. The first-order valence-corrected chi connectivity index (χ1v) is 8.90. The monoisotopic (exact) mass is 406 g/mol. The van der Waals surface area contributed by atoms with Crippen LogP contribution in [0, 0.1) is 0 Å². The lowest BCUT2D eigenvalue weighted by molar-refractivity contribution is -0.157. The number of nitrogens with zero attached hydrogens (tertiary/aromatic N) is 2. The van der Waals surface area contributed by atoms with Crippen LogP contribution < -0.4 is 4.74 Å². The van der Waals surface area contributed by atoms with Gasteiger partial charge in [-0.15, -0.1) is 10.2 Å². The highest BCUT2D eigenvalue weighted by atomic mass is 35.5. The Labute approximate surface area is 166 Å². The lowest BCUT2D eigenvalue weighted by atomic mass is 10.2. The van der Waals surface area contributed by atoms with Crippen LogP contribution in [0.3, 0.4) is 0 Å². The maximum Gasteiger partial charge on any atom is 0.347 e. The van der Waals surface area contributed by atoms with Gasteiger partial charge in [0.2, 0.25) is 5.89 Å². The molecule has 0 spiro atoms. The highest BCUT2D eigenvalue weighted by molar-refractivity contribution is 6.35. The standard InChI is InChI=1S/C19H16Cl2N2O4/c1-11(17-22-23-18(27-17)13-6-4-3-5-7-13)26-19(24)12(2)25-16-9-8-14(20)10-15(16)21/h3-12H,1-2H3/t11-,12-/m0/s1. The quantitative estimate of drug-likeness (QED) is 0.529. The summed E-state index contributed by atoms with van der Waals surface area (Å²) >= 11 is 11.9. The average Bonchev–Trinajstić information content (AvgIpc) is 3.15. The highest BCUT2D eigenvalue weighted by Gasteiger charge is 2.24. The second kappa shape index (κ2) is 8.41. The van der Waals surface area contributed by atoms with Crippen molar-refractivity contribution in [3.05, 3.63) is 64.5 Å². The van der Waals surface area contributed by atoms with Crippen LogP contribution in [0.2, 0.25) is 10.0 Å². The van der Waals surface area contributed by atoms with Gasteiger partial charge in [-0.05, 0) is 44.2 Å². The maximum absolute atomic E-state index is 12.3. The molecule has 0 aliphatic rings. The van der Waals surface area contributed by atoms with Gasteiger partial charge in [-0.3, -0.25) is 0 Å². The maximum atomic E-state index is 12.3. The highest BCUT2D eigenvalue weighted by Crippen LogP contribution is 2.29. The van der Waals surface area contributed by atoms with E-state index in [0.29, 0.717) is 21.7 Å². The molecular weight excluding hydrogens is 391 g/mol. The summed E-state index contributed by atoms with van der Waals surface area (Å²) in [4.78, 5) is 12.3. The number of ether oxygens (including phenoxy) is 2. The summed E-state index contributed by atoms with van der Waals surface area (Å²) in [6.07, 6.45) is -1.61. The largest absolute Gasteiger partial charge is 0.477 e. The summed E-state index contributed by atoms with van der Waals surface area (Å²) < 4.78 is 16.5. The molecule has 6 nitrogen and oxygen atoms in total. The molecule has 0 saturated carbocycles. The van der Waals surface area contributed by atoms with Crippen molar-refractivity contribution >= 4 is 29.2 Å². The van der Waals surface area contributed by atoms with Crippen molar-refractivity contribution in [1.82, 2.24) is 10.2 Å². The van der Waals surface area contributed by atoms with Crippen molar-refractivity contribution in [3.63, 3.8) is 0 Å². The molecule has 140 valence electrons. The third kappa shape index (κ3) is 4.78. The molecule has 1 heterocycles. The molecule has 27 heavy (non-hydrogen) atoms. The lowest BCUT2D eigenvalue weighted by Gasteiger charge is -2.16. The number of hydrogen-bond acceptors (Lipinski definition) is 6. The minimum atomic E-state index is -0.886. The van der Waals surface area contributed by atoms with Gasteiger partial charge in [0.05, 0.1) is 5.02 Å². The lowest BCUT2D eigenvalue weighted by Crippen LogP contribution is -2.27. The summed E-state index contributed by atoms with van der Waals surface area (Å²) in [5, 5.41) is 8.70. The van der Waals surface area contributed by atoms with Gasteiger partial charge in [-0.25, -0.2) is 4.79 Å². The van der Waals surface area contributed by atoms with Gasteiger partial charge in [-0.1, -0.05) is 41.4 Å². The minimum absolute atomic E-state index is 0.193. The fraction of sp³-hybridized carbons (Fsp3) is 0.211. The van der Waals surface area contributed by atoms with E-state index in [0.717, 1.165) is 5.56 Å².